The summed E-state index contributed by atoms with van der Waals surface area (Å²) in [5.41, 5.74) is 6.61. The molecule has 1 saturated carbocycles. The van der Waals surface area contributed by atoms with E-state index in [0.29, 0.717) is 0 Å². The monoisotopic (exact) mass is 424 g/mol. The Morgan fingerprint density at radius 2 is 1.78 bits per heavy atom. The van der Waals surface area contributed by atoms with Gasteiger partial charge in [0, 0.05) is 24.2 Å². The topological polar surface area (TPSA) is 55.6 Å². The van der Waals surface area contributed by atoms with Crippen LogP contribution in [0.1, 0.15) is 37.3 Å². The second kappa shape index (κ2) is 8.15. The van der Waals surface area contributed by atoms with Crippen LogP contribution in [0, 0.1) is 11.8 Å². The molecule has 1 aliphatic carbocycles. The van der Waals surface area contributed by atoms with Crippen molar-refractivity contribution in [3.8, 4) is 5.75 Å². The molecule has 3 rings (SSSR count). The zero-order chi connectivity index (χ0) is 19.8. The third-order valence-electron chi connectivity index (χ3n) is 5.20. The van der Waals surface area contributed by atoms with Crippen LogP contribution in [0.15, 0.2) is 12.1 Å². The lowest BCUT2D eigenvalue weighted by Gasteiger charge is -2.35. The van der Waals surface area contributed by atoms with Crippen LogP contribution >= 0.6 is 23.2 Å². The van der Waals surface area contributed by atoms with Crippen molar-refractivity contribution in [2.75, 3.05) is 19.6 Å². The predicted octanol–water partition coefficient (Wildman–Crippen LogP) is 4.58. The summed E-state index contributed by atoms with van der Waals surface area (Å²) in [4.78, 5) is 13.7. The lowest BCUT2D eigenvalue weighted by molar-refractivity contribution is -0.189. The number of benzene rings is 1. The SMILES string of the molecule is NC(c1cc(Cl)c(Cl)cc1OC(=O)C(F)(F)F)C1CCN(CC2CC2)CC1. The van der Waals surface area contributed by atoms with Gasteiger partial charge in [-0.05, 0) is 56.7 Å². The summed E-state index contributed by atoms with van der Waals surface area (Å²) in [5.74, 6) is -1.74. The highest BCUT2D eigenvalue weighted by Crippen LogP contribution is 2.39. The van der Waals surface area contributed by atoms with Gasteiger partial charge in [0.15, 0.2) is 0 Å². The van der Waals surface area contributed by atoms with Gasteiger partial charge in [0.2, 0.25) is 0 Å². The Labute approximate surface area is 165 Å². The Hall–Kier alpha value is -1.02. The fraction of sp³-hybridized carbons (Fsp3) is 0.611. The second-order valence-electron chi connectivity index (χ2n) is 7.30. The van der Waals surface area contributed by atoms with Crippen LogP contribution in [0.4, 0.5) is 13.2 Å². The van der Waals surface area contributed by atoms with E-state index in [0.717, 1.165) is 44.5 Å². The van der Waals surface area contributed by atoms with Gasteiger partial charge in [-0.15, -0.1) is 0 Å². The molecule has 1 saturated heterocycles. The second-order valence-corrected chi connectivity index (χ2v) is 8.11. The maximum atomic E-state index is 12.6. The quantitative estimate of drug-likeness (QED) is 0.554. The molecule has 1 aromatic carbocycles. The predicted molar refractivity (Wildman–Crippen MR) is 97.0 cm³/mol. The molecule has 2 aliphatic rings. The lowest BCUT2D eigenvalue weighted by Crippen LogP contribution is -2.38. The number of nitrogens with zero attached hydrogens (tertiary/aromatic N) is 1. The number of piperidine rings is 1. The number of carbonyl (C=O) groups is 1. The molecular weight excluding hydrogens is 404 g/mol. The molecule has 1 unspecified atom stereocenters. The van der Waals surface area contributed by atoms with E-state index in [-0.39, 0.29) is 27.3 Å². The lowest BCUT2D eigenvalue weighted by atomic mass is 9.85. The summed E-state index contributed by atoms with van der Waals surface area (Å²) in [6.07, 6.45) is -0.892. The van der Waals surface area contributed by atoms with E-state index < -0.39 is 18.2 Å². The number of esters is 1. The van der Waals surface area contributed by atoms with Crippen molar-refractivity contribution in [2.24, 2.45) is 17.6 Å². The largest absolute Gasteiger partial charge is 0.491 e. The van der Waals surface area contributed by atoms with Crippen molar-refractivity contribution in [1.82, 2.24) is 4.90 Å². The zero-order valence-electron chi connectivity index (χ0n) is 14.6. The Kier molecular flexibility index (Phi) is 6.25. The first-order valence-electron chi connectivity index (χ1n) is 8.91. The first kappa shape index (κ1) is 20.7. The van der Waals surface area contributed by atoms with E-state index in [9.17, 15) is 18.0 Å². The van der Waals surface area contributed by atoms with Crippen LogP contribution in [0.5, 0.6) is 5.75 Å². The number of nitrogens with two attached hydrogens (primary N) is 1. The zero-order valence-corrected chi connectivity index (χ0v) is 16.1. The number of carbonyl (C=O) groups excluding carboxylic acids is 1. The molecule has 2 fully saturated rings. The smallest absolute Gasteiger partial charge is 0.419 e. The van der Waals surface area contributed by atoms with Gasteiger partial charge in [-0.1, -0.05) is 23.2 Å². The minimum absolute atomic E-state index is 0.00292. The first-order chi connectivity index (χ1) is 12.6. The molecule has 9 heteroatoms. The number of likely N-dealkylation sites (tertiary alicyclic amines) is 1. The highest BCUT2D eigenvalue weighted by molar-refractivity contribution is 6.42. The summed E-state index contributed by atoms with van der Waals surface area (Å²) in [6, 6.07) is 1.91. The summed E-state index contributed by atoms with van der Waals surface area (Å²) < 4.78 is 42.3. The van der Waals surface area contributed by atoms with Gasteiger partial charge in [-0.2, -0.15) is 13.2 Å². The van der Waals surface area contributed by atoms with Crippen molar-refractivity contribution in [2.45, 2.75) is 37.9 Å². The van der Waals surface area contributed by atoms with Crippen LogP contribution in [0.3, 0.4) is 0 Å². The minimum Gasteiger partial charge on any atom is -0.419 e. The molecule has 2 N–H and O–H groups in total. The number of hydrogen-bond acceptors (Lipinski definition) is 4. The van der Waals surface area contributed by atoms with Crippen molar-refractivity contribution in [3.05, 3.63) is 27.7 Å². The number of rotatable bonds is 5. The Bertz CT molecular complexity index is 703. The molecule has 0 spiro atoms. The normalized spacial score (nSPS) is 20.5. The van der Waals surface area contributed by atoms with Gasteiger partial charge in [0.25, 0.3) is 0 Å². The molecule has 1 atom stereocenters. The number of halogens is 5. The number of ether oxygens (including phenoxy) is 1. The highest BCUT2D eigenvalue weighted by Gasteiger charge is 2.42. The molecule has 1 aliphatic heterocycles. The van der Waals surface area contributed by atoms with E-state index >= 15 is 0 Å². The van der Waals surface area contributed by atoms with Gasteiger partial charge < -0.3 is 15.4 Å². The van der Waals surface area contributed by atoms with Crippen molar-refractivity contribution < 1.29 is 22.7 Å². The van der Waals surface area contributed by atoms with E-state index in [1.54, 1.807) is 0 Å². The maximum absolute atomic E-state index is 12.6. The van der Waals surface area contributed by atoms with Crippen molar-refractivity contribution >= 4 is 29.2 Å². The average Bonchev–Trinajstić information content (AvgIpc) is 3.41. The van der Waals surface area contributed by atoms with Gasteiger partial charge in [0.1, 0.15) is 5.75 Å². The number of alkyl halides is 3. The van der Waals surface area contributed by atoms with E-state index in [1.165, 1.54) is 18.9 Å². The summed E-state index contributed by atoms with van der Waals surface area (Å²) in [5, 5.41) is 0.150. The fourth-order valence-electron chi connectivity index (χ4n) is 3.46. The Morgan fingerprint density at radius 1 is 1.19 bits per heavy atom. The molecule has 0 amide bonds. The molecule has 0 bridgehead atoms. The molecule has 1 heterocycles. The number of hydrogen-bond donors (Lipinski definition) is 1. The van der Waals surface area contributed by atoms with Crippen molar-refractivity contribution in [1.29, 1.82) is 0 Å². The van der Waals surface area contributed by atoms with Gasteiger partial charge in [-0.25, -0.2) is 4.79 Å². The van der Waals surface area contributed by atoms with E-state index in [1.807, 2.05) is 0 Å². The van der Waals surface area contributed by atoms with E-state index in [4.69, 9.17) is 28.9 Å². The molecule has 150 valence electrons. The van der Waals surface area contributed by atoms with Crippen LogP contribution in [0.25, 0.3) is 0 Å². The minimum atomic E-state index is -5.11. The van der Waals surface area contributed by atoms with Crippen LogP contribution in [0.2, 0.25) is 10.0 Å². The molecular formula is C18H21Cl2F3N2O2. The Balaban J connectivity index is 1.73. The van der Waals surface area contributed by atoms with E-state index in [2.05, 4.69) is 9.64 Å². The summed E-state index contributed by atoms with van der Waals surface area (Å²) in [6.45, 7) is 2.89. The molecule has 1 aromatic rings. The van der Waals surface area contributed by atoms with Crippen molar-refractivity contribution in [3.63, 3.8) is 0 Å². The van der Waals surface area contributed by atoms with Gasteiger partial charge in [0.05, 0.1) is 10.0 Å². The molecule has 4 nitrogen and oxygen atoms in total. The highest BCUT2D eigenvalue weighted by atomic mass is 35.5. The third-order valence-corrected chi connectivity index (χ3v) is 5.92. The summed E-state index contributed by atoms with van der Waals surface area (Å²) >= 11 is 11.9. The average molecular weight is 425 g/mol. The Morgan fingerprint density at radius 3 is 2.33 bits per heavy atom. The molecule has 27 heavy (non-hydrogen) atoms. The third kappa shape index (κ3) is 5.28. The maximum Gasteiger partial charge on any atom is 0.491 e. The first-order valence-corrected chi connectivity index (χ1v) is 9.66. The van der Waals surface area contributed by atoms with Crippen LogP contribution < -0.4 is 10.5 Å². The van der Waals surface area contributed by atoms with Gasteiger partial charge in [-0.3, -0.25) is 0 Å². The molecule has 0 aromatic heterocycles. The summed E-state index contributed by atoms with van der Waals surface area (Å²) in [7, 11) is 0. The van der Waals surface area contributed by atoms with Crippen LogP contribution in [-0.4, -0.2) is 36.7 Å². The van der Waals surface area contributed by atoms with Crippen LogP contribution in [-0.2, 0) is 4.79 Å². The van der Waals surface area contributed by atoms with Gasteiger partial charge >= 0.3 is 12.1 Å². The standard InChI is InChI=1S/C18H21Cl2F3N2O2/c19-13-7-12(15(8-14(13)20)27-17(26)18(21,22)23)16(24)11-3-5-25(6-4-11)9-10-1-2-10/h7-8,10-11,16H,1-6,9,24H2. The fourth-order valence-corrected chi connectivity index (χ4v) is 3.79. The molecule has 0 radical (unpaired) electrons.